The van der Waals surface area contributed by atoms with Gasteiger partial charge in [0.15, 0.2) is 5.96 Å². The van der Waals surface area contributed by atoms with Crippen molar-refractivity contribution < 1.29 is 39.0 Å². The average molecular weight is 485 g/mol. The van der Waals surface area contributed by atoms with Crippen LogP contribution in [-0.2, 0) is 24.0 Å². The Balaban J connectivity index is 2.76. The van der Waals surface area contributed by atoms with Crippen LogP contribution >= 0.6 is 0 Å². The number of carboxylic acid groups (broad SMARTS) is 2. The lowest BCUT2D eigenvalue weighted by atomic mass is 10.0. The van der Waals surface area contributed by atoms with Crippen LogP contribution in [0.15, 0.2) is 4.99 Å². The van der Waals surface area contributed by atoms with Crippen LogP contribution in [0.3, 0.4) is 0 Å². The van der Waals surface area contributed by atoms with Gasteiger partial charge in [0.2, 0.25) is 11.8 Å². The van der Waals surface area contributed by atoms with Gasteiger partial charge in [0.05, 0.1) is 6.42 Å². The average Bonchev–Trinajstić information content (AvgIpc) is 2.96. The molecule has 0 aromatic heterocycles. The molecule has 0 radical (unpaired) electrons. The van der Waals surface area contributed by atoms with Gasteiger partial charge in [0.25, 0.3) is 5.91 Å². The molecule has 3 atom stereocenters. The maximum Gasteiger partial charge on any atom is 0.326 e. The molecule has 1 fully saturated rings. The van der Waals surface area contributed by atoms with E-state index in [0.717, 1.165) is 0 Å². The maximum atomic E-state index is 12.5. The highest BCUT2D eigenvalue weighted by Gasteiger charge is 2.39. The number of nitrogens with two attached hydrogens (primary N) is 2. The number of carbonyl (C=O) groups excluding carboxylic acids is 4. The van der Waals surface area contributed by atoms with E-state index in [1.807, 2.05) is 0 Å². The predicted molar refractivity (Wildman–Crippen MR) is 117 cm³/mol. The number of nitrogens with zero attached hydrogens (tertiary/aromatic N) is 2. The molecule has 1 aliphatic rings. The van der Waals surface area contributed by atoms with E-state index in [1.165, 1.54) is 0 Å². The summed E-state index contributed by atoms with van der Waals surface area (Å²) in [6.45, 7) is 2.96. The summed E-state index contributed by atoms with van der Waals surface area (Å²) in [6, 6.07) is -4.62. The standard InChI is InChI=1S/C19H31N7O8/c1-9(2)6-12(17(32)33)24-15(30)11(7-14(28)29)23-13(27)8-26-16(31)10(25-19(26)34)4-3-5-22-18(20)21/h9-12H,3-8H2,1-2H3,(H,23,27)(H,24,30)(H,25,34)(H,28,29)(H,32,33)(H4,20,21,22)/t10-,11-,12-/m0/s1. The van der Waals surface area contributed by atoms with Crippen molar-refractivity contribution in [2.24, 2.45) is 22.4 Å². The molecule has 1 saturated heterocycles. The van der Waals surface area contributed by atoms with E-state index in [2.05, 4.69) is 20.9 Å². The Hall–Kier alpha value is -3.91. The van der Waals surface area contributed by atoms with Crippen molar-refractivity contribution in [2.45, 2.75) is 57.7 Å². The number of guanidine groups is 1. The quantitative estimate of drug-likeness (QED) is 0.0591. The first-order valence-corrected chi connectivity index (χ1v) is 10.5. The largest absolute Gasteiger partial charge is 0.481 e. The monoisotopic (exact) mass is 485 g/mol. The Labute approximate surface area is 195 Å². The second-order valence-electron chi connectivity index (χ2n) is 8.12. The Morgan fingerprint density at radius 3 is 2.29 bits per heavy atom. The first-order chi connectivity index (χ1) is 15.8. The van der Waals surface area contributed by atoms with Gasteiger partial charge in [-0.25, -0.2) is 9.59 Å². The minimum absolute atomic E-state index is 0.0824. The summed E-state index contributed by atoms with van der Waals surface area (Å²) in [4.78, 5) is 76.3. The molecule has 0 bridgehead atoms. The third kappa shape index (κ3) is 9.30. The van der Waals surface area contributed by atoms with Gasteiger partial charge in [-0.1, -0.05) is 13.8 Å². The fourth-order valence-electron chi connectivity index (χ4n) is 3.16. The maximum absolute atomic E-state index is 12.5. The molecule has 9 N–H and O–H groups in total. The second-order valence-corrected chi connectivity index (χ2v) is 8.12. The van der Waals surface area contributed by atoms with Crippen LogP contribution in [0.5, 0.6) is 0 Å². The fourth-order valence-corrected chi connectivity index (χ4v) is 3.16. The number of hydrogen-bond donors (Lipinski definition) is 7. The summed E-state index contributed by atoms with van der Waals surface area (Å²) >= 11 is 0. The molecule has 5 amide bonds. The van der Waals surface area contributed by atoms with Crippen LogP contribution in [0.1, 0.15) is 39.5 Å². The number of aliphatic carboxylic acids is 2. The van der Waals surface area contributed by atoms with Crippen molar-refractivity contribution in [2.75, 3.05) is 13.1 Å². The van der Waals surface area contributed by atoms with E-state index < -0.39 is 66.8 Å². The highest BCUT2D eigenvalue weighted by molar-refractivity contribution is 6.06. The summed E-state index contributed by atoms with van der Waals surface area (Å²) in [5.74, 6) is -5.59. The van der Waals surface area contributed by atoms with Crippen molar-refractivity contribution in [1.82, 2.24) is 20.9 Å². The number of urea groups is 1. The molecule has 0 aliphatic carbocycles. The fraction of sp³-hybridized carbons (Fsp3) is 0.632. The first kappa shape index (κ1) is 28.1. The lowest BCUT2D eigenvalue weighted by molar-refractivity contribution is -0.144. The van der Waals surface area contributed by atoms with Crippen molar-refractivity contribution in [3.8, 4) is 0 Å². The van der Waals surface area contributed by atoms with E-state index >= 15 is 0 Å². The van der Waals surface area contributed by atoms with Crippen LogP contribution in [0.4, 0.5) is 4.79 Å². The molecule has 15 heteroatoms. The number of nitrogens with one attached hydrogen (secondary N) is 3. The Kier molecular flexibility index (Phi) is 10.7. The molecule has 34 heavy (non-hydrogen) atoms. The van der Waals surface area contributed by atoms with E-state index in [9.17, 15) is 33.9 Å². The number of amides is 5. The van der Waals surface area contributed by atoms with E-state index in [0.29, 0.717) is 11.3 Å². The number of imide groups is 1. The molecule has 0 aromatic rings. The molecule has 190 valence electrons. The Morgan fingerprint density at radius 2 is 1.76 bits per heavy atom. The highest BCUT2D eigenvalue weighted by atomic mass is 16.4. The first-order valence-electron chi connectivity index (χ1n) is 10.5. The van der Waals surface area contributed by atoms with Crippen LogP contribution < -0.4 is 27.4 Å². The smallest absolute Gasteiger partial charge is 0.326 e. The van der Waals surface area contributed by atoms with E-state index in [1.54, 1.807) is 13.8 Å². The molecule has 1 heterocycles. The molecule has 0 unspecified atom stereocenters. The Morgan fingerprint density at radius 1 is 1.12 bits per heavy atom. The van der Waals surface area contributed by atoms with Crippen molar-refractivity contribution in [1.29, 1.82) is 0 Å². The zero-order valence-electron chi connectivity index (χ0n) is 18.9. The molecule has 0 aromatic carbocycles. The molecular weight excluding hydrogens is 454 g/mol. The zero-order valence-corrected chi connectivity index (χ0v) is 18.9. The van der Waals surface area contributed by atoms with Gasteiger partial charge in [-0.2, -0.15) is 0 Å². The van der Waals surface area contributed by atoms with Crippen LogP contribution in [0.2, 0.25) is 0 Å². The molecule has 1 rings (SSSR count). The van der Waals surface area contributed by atoms with Gasteiger partial charge in [0.1, 0.15) is 24.7 Å². The molecule has 0 saturated carbocycles. The minimum atomic E-state index is -1.62. The molecule has 15 nitrogen and oxygen atoms in total. The van der Waals surface area contributed by atoms with Crippen LogP contribution in [0, 0.1) is 5.92 Å². The summed E-state index contributed by atoms with van der Waals surface area (Å²) in [5, 5.41) is 25.1. The summed E-state index contributed by atoms with van der Waals surface area (Å²) in [7, 11) is 0. The normalized spacial score (nSPS) is 17.0. The molecule has 1 aliphatic heterocycles. The van der Waals surface area contributed by atoms with E-state index in [-0.39, 0.29) is 31.3 Å². The van der Waals surface area contributed by atoms with Crippen molar-refractivity contribution in [3.63, 3.8) is 0 Å². The van der Waals surface area contributed by atoms with Crippen LogP contribution in [-0.4, -0.2) is 88.0 Å². The van der Waals surface area contributed by atoms with Gasteiger partial charge >= 0.3 is 18.0 Å². The van der Waals surface area contributed by atoms with Gasteiger partial charge in [-0.15, -0.1) is 0 Å². The predicted octanol–water partition coefficient (Wildman–Crippen LogP) is -2.46. The van der Waals surface area contributed by atoms with Crippen LogP contribution in [0.25, 0.3) is 0 Å². The number of aliphatic imine (C=N–C) groups is 1. The molecular formula is C19H31N7O8. The lowest BCUT2D eigenvalue weighted by Gasteiger charge is -2.22. The summed E-state index contributed by atoms with van der Waals surface area (Å²) in [6.07, 6.45) is -0.145. The van der Waals surface area contributed by atoms with Gasteiger partial charge in [-0.3, -0.25) is 29.1 Å². The third-order valence-corrected chi connectivity index (χ3v) is 4.71. The van der Waals surface area contributed by atoms with Gasteiger partial charge < -0.3 is 37.6 Å². The number of rotatable bonds is 14. The number of carbonyl (C=O) groups is 6. The zero-order chi connectivity index (χ0) is 26.0. The second kappa shape index (κ2) is 13.0. The SMILES string of the molecule is CC(C)C[C@H](NC(=O)[C@H](CC(=O)O)NC(=O)CN1C(=O)N[C@@H](CCCN=C(N)N)C1=O)C(=O)O. The van der Waals surface area contributed by atoms with Crippen molar-refractivity contribution >= 4 is 41.7 Å². The Bertz CT molecular complexity index is 841. The van der Waals surface area contributed by atoms with Gasteiger partial charge in [-0.05, 0) is 25.2 Å². The minimum Gasteiger partial charge on any atom is -0.481 e. The van der Waals surface area contributed by atoms with Gasteiger partial charge in [0, 0.05) is 6.54 Å². The summed E-state index contributed by atoms with van der Waals surface area (Å²) in [5.41, 5.74) is 10.4. The third-order valence-electron chi connectivity index (χ3n) is 4.71. The lowest BCUT2D eigenvalue weighted by Crippen LogP contribution is -2.54. The topological polar surface area (TPSA) is 247 Å². The number of carboxylic acids is 2. The van der Waals surface area contributed by atoms with Crippen molar-refractivity contribution in [3.05, 3.63) is 0 Å². The number of hydrogen-bond acceptors (Lipinski definition) is 7. The summed E-state index contributed by atoms with van der Waals surface area (Å²) < 4.78 is 0. The highest BCUT2D eigenvalue weighted by Crippen LogP contribution is 2.11. The molecule has 0 spiro atoms. The van der Waals surface area contributed by atoms with E-state index in [4.69, 9.17) is 16.6 Å².